The van der Waals surface area contributed by atoms with Gasteiger partial charge in [-0.1, -0.05) is 30.3 Å². The van der Waals surface area contributed by atoms with E-state index in [0.29, 0.717) is 42.9 Å². The molecule has 10 heteroatoms. The smallest absolute Gasteiger partial charge is 0.251 e. The molecule has 3 atom stereocenters. The van der Waals surface area contributed by atoms with Crippen LogP contribution in [0.3, 0.4) is 0 Å². The topological polar surface area (TPSA) is 105 Å². The number of piperidine rings is 1. The molecule has 8 nitrogen and oxygen atoms in total. The molecule has 0 aliphatic carbocycles. The van der Waals surface area contributed by atoms with Gasteiger partial charge in [0.25, 0.3) is 5.91 Å². The number of hydrogen-bond acceptors (Lipinski definition) is 5. The number of amides is 2. The Morgan fingerprint density at radius 1 is 1.20 bits per heavy atom. The van der Waals surface area contributed by atoms with Crippen LogP contribution < -0.4 is 10.6 Å². The minimum atomic E-state index is -3.74. The standard InChI is InChI=1S/C25H28ClN3O5S/c1-2-23(30)28-24-15-19-11-13-29(16-22(19)34-24)35(32,33)21-8-6-18(7-9-21)25(31)27-12-10-17-4-3-5-20(26)14-17/h2-9,14,19,22,24H,1,10-13,15-16H2,(H,27,31)(H,28,30). The van der Waals surface area contributed by atoms with Gasteiger partial charge in [-0.3, -0.25) is 9.59 Å². The normalized spacial score (nSPS) is 22.3. The van der Waals surface area contributed by atoms with Gasteiger partial charge in [-0.05, 0) is 73.2 Å². The molecule has 0 aromatic heterocycles. The lowest BCUT2D eigenvalue weighted by Gasteiger charge is -2.33. The fraction of sp³-hybridized carbons (Fsp3) is 0.360. The molecule has 2 saturated heterocycles. The van der Waals surface area contributed by atoms with Crippen LogP contribution in [-0.4, -0.2) is 56.5 Å². The highest BCUT2D eigenvalue weighted by atomic mass is 35.5. The van der Waals surface area contributed by atoms with Crippen molar-refractivity contribution in [2.45, 2.75) is 36.5 Å². The van der Waals surface area contributed by atoms with E-state index in [1.165, 1.54) is 34.6 Å². The summed E-state index contributed by atoms with van der Waals surface area (Å²) in [7, 11) is -3.74. The van der Waals surface area contributed by atoms with Crippen LogP contribution >= 0.6 is 11.6 Å². The van der Waals surface area contributed by atoms with Crippen LogP contribution in [0.5, 0.6) is 0 Å². The number of nitrogens with zero attached hydrogens (tertiary/aromatic N) is 1. The van der Waals surface area contributed by atoms with E-state index in [-0.39, 0.29) is 35.3 Å². The molecule has 2 aliphatic heterocycles. The Morgan fingerprint density at radius 2 is 1.97 bits per heavy atom. The van der Waals surface area contributed by atoms with Crippen molar-refractivity contribution in [2.75, 3.05) is 19.6 Å². The monoisotopic (exact) mass is 517 g/mol. The summed E-state index contributed by atoms with van der Waals surface area (Å²) in [6.45, 7) is 4.47. The second kappa shape index (κ2) is 10.9. The molecular formula is C25H28ClN3O5S. The van der Waals surface area contributed by atoms with Gasteiger partial charge in [-0.15, -0.1) is 0 Å². The highest BCUT2D eigenvalue weighted by Gasteiger charge is 2.42. The summed E-state index contributed by atoms with van der Waals surface area (Å²) in [6.07, 6.45) is 2.41. The molecule has 2 fully saturated rings. The summed E-state index contributed by atoms with van der Waals surface area (Å²) in [5, 5.41) is 6.21. The van der Waals surface area contributed by atoms with E-state index < -0.39 is 16.3 Å². The first-order valence-electron chi connectivity index (χ1n) is 11.5. The molecule has 186 valence electrons. The molecular weight excluding hydrogens is 490 g/mol. The SMILES string of the molecule is C=CC(=O)NC1CC2CCN(S(=O)(=O)c3ccc(C(=O)NCCc4cccc(Cl)c4)cc3)CC2O1. The van der Waals surface area contributed by atoms with Crippen LogP contribution in [0, 0.1) is 5.92 Å². The van der Waals surface area contributed by atoms with Crippen molar-refractivity contribution in [1.29, 1.82) is 0 Å². The fourth-order valence-electron chi connectivity index (χ4n) is 4.47. The fourth-order valence-corrected chi connectivity index (χ4v) is 6.15. The van der Waals surface area contributed by atoms with E-state index in [9.17, 15) is 18.0 Å². The lowest BCUT2D eigenvalue weighted by atomic mass is 9.94. The first-order valence-corrected chi connectivity index (χ1v) is 13.3. The molecule has 3 unspecified atom stereocenters. The predicted octanol–water partition coefficient (Wildman–Crippen LogP) is 2.74. The van der Waals surface area contributed by atoms with Crippen molar-refractivity contribution in [3.05, 3.63) is 77.3 Å². The zero-order chi connectivity index (χ0) is 25.0. The Labute approximate surface area is 210 Å². The molecule has 0 spiro atoms. The summed E-state index contributed by atoms with van der Waals surface area (Å²) in [4.78, 5) is 24.1. The third-order valence-corrected chi connectivity index (χ3v) is 8.46. The predicted molar refractivity (Wildman–Crippen MR) is 132 cm³/mol. The van der Waals surface area contributed by atoms with Crippen molar-refractivity contribution in [1.82, 2.24) is 14.9 Å². The van der Waals surface area contributed by atoms with Crippen molar-refractivity contribution in [3.8, 4) is 0 Å². The van der Waals surface area contributed by atoms with Crippen LogP contribution in [-0.2, 0) is 26.0 Å². The number of benzene rings is 2. The second-order valence-corrected chi connectivity index (χ2v) is 11.1. The number of fused-ring (bicyclic) bond motifs is 1. The highest BCUT2D eigenvalue weighted by Crippen LogP contribution is 2.34. The Kier molecular flexibility index (Phi) is 7.91. The van der Waals surface area contributed by atoms with E-state index in [1.54, 1.807) is 6.07 Å². The van der Waals surface area contributed by atoms with Crippen LogP contribution in [0.1, 0.15) is 28.8 Å². The molecule has 2 amide bonds. The zero-order valence-electron chi connectivity index (χ0n) is 19.2. The van der Waals surface area contributed by atoms with Crippen LogP contribution in [0.15, 0.2) is 66.1 Å². The molecule has 4 rings (SSSR count). The number of hydrogen-bond donors (Lipinski definition) is 2. The van der Waals surface area contributed by atoms with Crippen LogP contribution in [0.2, 0.25) is 5.02 Å². The summed E-state index contributed by atoms with van der Waals surface area (Å²) in [5.74, 6) is -0.398. The second-order valence-electron chi connectivity index (χ2n) is 8.68. The first-order chi connectivity index (χ1) is 16.8. The summed E-state index contributed by atoms with van der Waals surface area (Å²) >= 11 is 5.98. The van der Waals surface area contributed by atoms with Gasteiger partial charge in [0, 0.05) is 30.2 Å². The largest absolute Gasteiger partial charge is 0.354 e. The van der Waals surface area contributed by atoms with Gasteiger partial charge in [0.1, 0.15) is 6.23 Å². The van der Waals surface area contributed by atoms with Crippen molar-refractivity contribution < 1.29 is 22.7 Å². The van der Waals surface area contributed by atoms with Gasteiger partial charge in [0.05, 0.1) is 11.0 Å². The third-order valence-electron chi connectivity index (χ3n) is 6.35. The summed E-state index contributed by atoms with van der Waals surface area (Å²) in [5.41, 5.74) is 1.40. The number of nitrogens with one attached hydrogen (secondary N) is 2. The quantitative estimate of drug-likeness (QED) is 0.524. The van der Waals surface area contributed by atoms with Gasteiger partial charge < -0.3 is 15.4 Å². The molecule has 2 heterocycles. The lowest BCUT2D eigenvalue weighted by molar-refractivity contribution is -0.120. The van der Waals surface area contributed by atoms with E-state index in [1.807, 2.05) is 18.2 Å². The lowest BCUT2D eigenvalue weighted by Crippen LogP contribution is -2.45. The number of ether oxygens (including phenoxy) is 1. The minimum absolute atomic E-state index is 0.126. The molecule has 2 aliphatic rings. The van der Waals surface area contributed by atoms with Crippen molar-refractivity contribution in [2.24, 2.45) is 5.92 Å². The van der Waals surface area contributed by atoms with Gasteiger partial charge in [-0.25, -0.2) is 8.42 Å². The number of halogens is 1. The van der Waals surface area contributed by atoms with E-state index in [0.717, 1.165) is 5.56 Å². The molecule has 2 N–H and O–H groups in total. The molecule has 0 saturated carbocycles. The Bertz CT molecular complexity index is 1200. The van der Waals surface area contributed by atoms with Crippen molar-refractivity contribution in [3.63, 3.8) is 0 Å². The molecule has 0 bridgehead atoms. The molecule has 0 radical (unpaired) electrons. The maximum absolute atomic E-state index is 13.2. The molecule has 35 heavy (non-hydrogen) atoms. The molecule has 2 aromatic carbocycles. The molecule has 2 aromatic rings. The maximum atomic E-state index is 13.2. The van der Waals surface area contributed by atoms with E-state index >= 15 is 0 Å². The van der Waals surface area contributed by atoms with Crippen molar-refractivity contribution >= 4 is 33.4 Å². The van der Waals surface area contributed by atoms with Gasteiger partial charge in [-0.2, -0.15) is 4.31 Å². The zero-order valence-corrected chi connectivity index (χ0v) is 20.7. The maximum Gasteiger partial charge on any atom is 0.251 e. The number of rotatable bonds is 8. The summed E-state index contributed by atoms with van der Waals surface area (Å²) < 4.78 is 33.7. The Balaban J connectivity index is 1.33. The van der Waals surface area contributed by atoms with Gasteiger partial charge >= 0.3 is 0 Å². The average Bonchev–Trinajstić information content (AvgIpc) is 3.25. The van der Waals surface area contributed by atoms with E-state index in [2.05, 4.69) is 17.2 Å². The highest BCUT2D eigenvalue weighted by molar-refractivity contribution is 7.89. The number of carbonyl (C=O) groups excluding carboxylic acids is 2. The van der Waals surface area contributed by atoms with Crippen LogP contribution in [0.4, 0.5) is 0 Å². The third kappa shape index (κ3) is 6.10. The summed E-state index contributed by atoms with van der Waals surface area (Å²) in [6, 6.07) is 13.4. The minimum Gasteiger partial charge on any atom is -0.354 e. The Morgan fingerprint density at radius 3 is 2.69 bits per heavy atom. The number of sulfonamides is 1. The number of carbonyl (C=O) groups is 2. The average molecular weight is 518 g/mol. The van der Waals surface area contributed by atoms with E-state index in [4.69, 9.17) is 16.3 Å². The van der Waals surface area contributed by atoms with Gasteiger partial charge in [0.15, 0.2) is 0 Å². The Hall–Kier alpha value is -2.72. The van der Waals surface area contributed by atoms with Gasteiger partial charge in [0.2, 0.25) is 15.9 Å². The first kappa shape index (κ1) is 25.4. The van der Waals surface area contributed by atoms with Crippen LogP contribution in [0.25, 0.3) is 0 Å².